The molecule has 1 fully saturated rings. The van der Waals surface area contributed by atoms with E-state index in [0.717, 1.165) is 23.2 Å². The summed E-state index contributed by atoms with van der Waals surface area (Å²) in [4.78, 5) is 25.7. The van der Waals surface area contributed by atoms with Crippen LogP contribution in [0.4, 0.5) is 5.69 Å². The zero-order chi connectivity index (χ0) is 15.7. The number of benzene rings is 1. The van der Waals surface area contributed by atoms with E-state index in [1.54, 1.807) is 7.05 Å². The highest BCUT2D eigenvalue weighted by Crippen LogP contribution is 2.38. The van der Waals surface area contributed by atoms with Crippen molar-refractivity contribution < 1.29 is 9.59 Å². The molecule has 1 saturated carbocycles. The van der Waals surface area contributed by atoms with E-state index in [4.69, 9.17) is 0 Å². The normalized spacial score (nSPS) is 20.0. The Morgan fingerprint density at radius 3 is 2.24 bits per heavy atom. The van der Waals surface area contributed by atoms with Gasteiger partial charge in [-0.05, 0) is 44.2 Å². The van der Waals surface area contributed by atoms with Crippen LogP contribution >= 0.6 is 0 Å². The summed E-state index contributed by atoms with van der Waals surface area (Å²) in [6.07, 6.45) is 0.945. The number of hydrogen-bond donors (Lipinski definition) is 1. The summed E-state index contributed by atoms with van der Waals surface area (Å²) in [5.74, 6) is 0.513. The van der Waals surface area contributed by atoms with Crippen molar-refractivity contribution in [1.29, 1.82) is 0 Å². The van der Waals surface area contributed by atoms with Crippen LogP contribution in [0.3, 0.4) is 0 Å². The number of nitrogens with zero attached hydrogens (tertiary/aromatic N) is 1. The molecule has 21 heavy (non-hydrogen) atoms. The van der Waals surface area contributed by atoms with E-state index < -0.39 is 0 Å². The second-order valence-electron chi connectivity index (χ2n) is 6.34. The number of amides is 2. The van der Waals surface area contributed by atoms with Crippen LogP contribution in [0.1, 0.15) is 30.0 Å². The number of hydrogen-bond acceptors (Lipinski definition) is 2. The van der Waals surface area contributed by atoms with E-state index in [2.05, 4.69) is 12.2 Å². The molecule has 0 unspecified atom stereocenters. The minimum atomic E-state index is -0.144. The Balaban J connectivity index is 1.97. The number of likely N-dealkylation sites (N-methyl/N-ethyl adjacent to an activating group) is 1. The van der Waals surface area contributed by atoms with Gasteiger partial charge in [0, 0.05) is 18.7 Å². The summed E-state index contributed by atoms with van der Waals surface area (Å²) < 4.78 is 0. The molecule has 0 heterocycles. The largest absolute Gasteiger partial charge is 0.336 e. The van der Waals surface area contributed by atoms with E-state index in [0.29, 0.717) is 5.92 Å². The van der Waals surface area contributed by atoms with Gasteiger partial charge in [-0.1, -0.05) is 24.6 Å². The van der Waals surface area contributed by atoms with Gasteiger partial charge in [0.1, 0.15) is 0 Å². The molecule has 1 aliphatic carbocycles. The van der Waals surface area contributed by atoms with Gasteiger partial charge in [0.2, 0.25) is 11.8 Å². The first-order valence-corrected chi connectivity index (χ1v) is 7.42. The molecule has 2 atom stereocenters. The van der Waals surface area contributed by atoms with Gasteiger partial charge >= 0.3 is 0 Å². The van der Waals surface area contributed by atoms with E-state index in [1.807, 2.05) is 32.9 Å². The molecule has 2 amide bonds. The van der Waals surface area contributed by atoms with Gasteiger partial charge in [0.05, 0.1) is 6.54 Å². The first-order valence-electron chi connectivity index (χ1n) is 7.42. The van der Waals surface area contributed by atoms with Crippen LogP contribution in [0.2, 0.25) is 0 Å². The fraction of sp³-hybridized carbons (Fsp3) is 0.529. The molecule has 1 N–H and O–H groups in total. The van der Waals surface area contributed by atoms with E-state index in [1.165, 1.54) is 10.5 Å². The molecule has 1 aliphatic rings. The van der Waals surface area contributed by atoms with E-state index in [-0.39, 0.29) is 24.3 Å². The van der Waals surface area contributed by atoms with Gasteiger partial charge in [0.15, 0.2) is 0 Å². The van der Waals surface area contributed by atoms with Crippen LogP contribution in [-0.2, 0) is 9.59 Å². The third kappa shape index (κ3) is 3.63. The first kappa shape index (κ1) is 15.5. The third-order valence-electron chi connectivity index (χ3n) is 4.13. The lowest BCUT2D eigenvalue weighted by molar-refractivity contribution is -0.134. The van der Waals surface area contributed by atoms with E-state index >= 15 is 0 Å². The Morgan fingerprint density at radius 2 is 1.76 bits per heavy atom. The fourth-order valence-corrected chi connectivity index (χ4v) is 2.80. The summed E-state index contributed by atoms with van der Waals surface area (Å²) in [5, 5.41) is 2.93. The Kier molecular flexibility index (Phi) is 4.35. The average molecular weight is 288 g/mol. The van der Waals surface area contributed by atoms with Crippen molar-refractivity contribution in [3.05, 3.63) is 28.8 Å². The van der Waals surface area contributed by atoms with Crippen LogP contribution in [0.5, 0.6) is 0 Å². The van der Waals surface area contributed by atoms with Crippen molar-refractivity contribution in [3.8, 4) is 0 Å². The highest BCUT2D eigenvalue weighted by atomic mass is 16.2. The molecule has 0 aliphatic heterocycles. The predicted octanol–water partition coefficient (Wildman–Crippen LogP) is 2.66. The van der Waals surface area contributed by atoms with E-state index in [9.17, 15) is 9.59 Å². The van der Waals surface area contributed by atoms with Gasteiger partial charge in [-0.15, -0.1) is 0 Å². The fourth-order valence-electron chi connectivity index (χ4n) is 2.80. The second-order valence-corrected chi connectivity index (χ2v) is 6.34. The lowest BCUT2D eigenvalue weighted by atomic mass is 10.1. The van der Waals surface area contributed by atoms with Crippen molar-refractivity contribution in [3.63, 3.8) is 0 Å². The summed E-state index contributed by atoms with van der Waals surface area (Å²) in [7, 11) is 1.70. The van der Waals surface area contributed by atoms with Crippen LogP contribution < -0.4 is 5.32 Å². The maximum absolute atomic E-state index is 12.1. The number of carbonyl (C=O) groups excluding carboxylic acids is 2. The Hall–Kier alpha value is -1.84. The second kappa shape index (κ2) is 5.88. The maximum atomic E-state index is 12.1. The lowest BCUT2D eigenvalue weighted by Crippen LogP contribution is -2.36. The van der Waals surface area contributed by atoms with Crippen molar-refractivity contribution in [2.75, 3.05) is 18.9 Å². The summed E-state index contributed by atoms with van der Waals surface area (Å²) in [5.41, 5.74) is 4.13. The van der Waals surface area contributed by atoms with Gasteiger partial charge < -0.3 is 10.2 Å². The average Bonchev–Trinajstić information content (AvgIpc) is 3.09. The van der Waals surface area contributed by atoms with Gasteiger partial charge in [-0.3, -0.25) is 9.59 Å². The lowest BCUT2D eigenvalue weighted by Gasteiger charge is -2.18. The van der Waals surface area contributed by atoms with Gasteiger partial charge in [-0.2, -0.15) is 0 Å². The minimum absolute atomic E-state index is 0.0787. The smallest absolute Gasteiger partial charge is 0.243 e. The third-order valence-corrected chi connectivity index (χ3v) is 4.13. The molecule has 0 spiro atoms. The highest BCUT2D eigenvalue weighted by Gasteiger charge is 2.40. The number of aryl methyl sites for hydroxylation is 3. The summed E-state index contributed by atoms with van der Waals surface area (Å²) in [6.45, 7) is 8.17. The molecule has 0 radical (unpaired) electrons. The molecular formula is C17H24N2O2. The molecule has 1 aromatic rings. The molecule has 0 saturated heterocycles. The molecular weight excluding hydrogens is 264 g/mol. The quantitative estimate of drug-likeness (QED) is 0.926. The maximum Gasteiger partial charge on any atom is 0.243 e. The van der Waals surface area contributed by atoms with Gasteiger partial charge in [-0.25, -0.2) is 0 Å². The zero-order valence-corrected chi connectivity index (χ0v) is 13.5. The topological polar surface area (TPSA) is 49.4 Å². The summed E-state index contributed by atoms with van der Waals surface area (Å²) >= 11 is 0. The van der Waals surface area contributed by atoms with Crippen molar-refractivity contribution in [1.82, 2.24) is 4.90 Å². The summed E-state index contributed by atoms with van der Waals surface area (Å²) in [6, 6.07) is 4.09. The Labute approximate surface area is 126 Å². The Morgan fingerprint density at radius 1 is 1.24 bits per heavy atom. The standard InChI is InChI=1S/C17H24N2O2/c1-10-6-12(3)16(13(4)7-10)18-15(20)9-19(5)17(21)14-8-11(14)2/h6-7,11,14H,8-9H2,1-5H3,(H,18,20)/t11-,14+/m1/s1. The molecule has 0 aromatic heterocycles. The number of nitrogens with one attached hydrogen (secondary N) is 1. The highest BCUT2D eigenvalue weighted by molar-refractivity contribution is 5.96. The number of rotatable bonds is 4. The van der Waals surface area contributed by atoms with Crippen molar-refractivity contribution >= 4 is 17.5 Å². The van der Waals surface area contributed by atoms with Crippen molar-refractivity contribution in [2.24, 2.45) is 11.8 Å². The molecule has 4 heteroatoms. The number of carbonyl (C=O) groups is 2. The Bertz CT molecular complexity index is 557. The molecule has 4 nitrogen and oxygen atoms in total. The zero-order valence-electron chi connectivity index (χ0n) is 13.5. The first-order chi connectivity index (χ1) is 9.79. The van der Waals surface area contributed by atoms with Gasteiger partial charge in [0.25, 0.3) is 0 Å². The van der Waals surface area contributed by atoms with Crippen LogP contribution in [-0.4, -0.2) is 30.3 Å². The van der Waals surface area contributed by atoms with Crippen LogP contribution in [0.15, 0.2) is 12.1 Å². The molecule has 1 aromatic carbocycles. The predicted molar refractivity (Wildman–Crippen MR) is 84.2 cm³/mol. The molecule has 2 rings (SSSR count). The van der Waals surface area contributed by atoms with Crippen LogP contribution in [0, 0.1) is 32.6 Å². The molecule has 114 valence electrons. The number of anilines is 1. The molecule has 0 bridgehead atoms. The van der Waals surface area contributed by atoms with Crippen molar-refractivity contribution in [2.45, 2.75) is 34.1 Å². The minimum Gasteiger partial charge on any atom is -0.336 e. The monoisotopic (exact) mass is 288 g/mol. The van der Waals surface area contributed by atoms with Crippen LogP contribution in [0.25, 0.3) is 0 Å². The SMILES string of the molecule is Cc1cc(C)c(NC(=O)CN(C)C(=O)[C@H]2C[C@H]2C)c(C)c1.